The van der Waals surface area contributed by atoms with Crippen molar-refractivity contribution in [1.82, 2.24) is 4.90 Å². The molecule has 3 aromatic rings. The van der Waals surface area contributed by atoms with Gasteiger partial charge in [0.05, 0.1) is 17.2 Å². The summed E-state index contributed by atoms with van der Waals surface area (Å²) in [4.78, 5) is 14.9. The number of anilines is 1. The average molecular weight is 469 g/mol. The second-order valence-electron chi connectivity index (χ2n) is 7.73. The highest BCUT2D eigenvalue weighted by Gasteiger charge is 2.30. The molecule has 4 rings (SSSR count). The van der Waals surface area contributed by atoms with Crippen molar-refractivity contribution in [2.24, 2.45) is 0 Å². The van der Waals surface area contributed by atoms with E-state index >= 15 is 0 Å². The molecule has 1 aliphatic heterocycles. The van der Waals surface area contributed by atoms with E-state index in [-0.39, 0.29) is 23.0 Å². The van der Waals surface area contributed by atoms with Crippen LogP contribution in [0.2, 0.25) is 0 Å². The summed E-state index contributed by atoms with van der Waals surface area (Å²) in [5, 5.41) is 0. The Balaban J connectivity index is 1.62. The van der Waals surface area contributed by atoms with E-state index in [0.717, 1.165) is 9.87 Å². The van der Waals surface area contributed by atoms with Crippen LogP contribution in [0, 0.1) is 5.82 Å². The summed E-state index contributed by atoms with van der Waals surface area (Å²) in [5.41, 5.74) is 2.47. The molecule has 0 fully saturated rings. The maximum atomic E-state index is 13.5. The van der Waals surface area contributed by atoms with E-state index in [2.05, 4.69) is 0 Å². The number of amides is 1. The predicted octanol–water partition coefficient (Wildman–Crippen LogP) is 4.00. The number of hydrogen-bond donors (Lipinski definition) is 0. The second kappa shape index (κ2) is 9.62. The lowest BCUT2D eigenvalue weighted by molar-refractivity contribution is -0.130. The smallest absolute Gasteiger partial charge is 0.264 e. The summed E-state index contributed by atoms with van der Waals surface area (Å²) in [6.45, 7) is 2.85. The Hall–Kier alpha value is -3.39. The minimum atomic E-state index is -4.09. The Labute approximate surface area is 193 Å². The molecule has 0 unspecified atom stereocenters. The first-order chi connectivity index (χ1) is 15.9. The van der Waals surface area contributed by atoms with Crippen molar-refractivity contribution in [2.45, 2.75) is 24.8 Å². The average Bonchev–Trinajstić information content (AvgIpc) is 2.83. The van der Waals surface area contributed by atoms with Crippen molar-refractivity contribution < 1.29 is 22.3 Å². The molecule has 1 aliphatic rings. The molecule has 0 saturated carbocycles. The fourth-order valence-corrected chi connectivity index (χ4v) is 5.27. The number of fused-ring (bicyclic) bond motifs is 1. The molecule has 1 amide bonds. The lowest BCUT2D eigenvalue weighted by atomic mass is 10.00. The lowest BCUT2D eigenvalue weighted by Crippen LogP contribution is -2.44. The van der Waals surface area contributed by atoms with Crippen molar-refractivity contribution in [2.75, 3.05) is 24.0 Å². The van der Waals surface area contributed by atoms with Gasteiger partial charge in [-0.15, -0.1) is 0 Å². The maximum absolute atomic E-state index is 13.5. The van der Waals surface area contributed by atoms with Crippen LogP contribution in [-0.4, -0.2) is 38.9 Å². The molecule has 1 heterocycles. The number of carbonyl (C=O) groups is 1. The number of nitrogens with zero attached hydrogens (tertiary/aromatic N) is 2. The number of rotatable bonds is 7. The predicted molar refractivity (Wildman–Crippen MR) is 124 cm³/mol. The van der Waals surface area contributed by atoms with Crippen LogP contribution in [-0.2, 0) is 27.8 Å². The van der Waals surface area contributed by atoms with Crippen LogP contribution in [0.3, 0.4) is 0 Å². The molecule has 0 bridgehead atoms. The van der Waals surface area contributed by atoms with Gasteiger partial charge in [0.2, 0.25) is 5.91 Å². The highest BCUT2D eigenvalue weighted by molar-refractivity contribution is 7.92. The molecule has 3 aromatic carbocycles. The van der Waals surface area contributed by atoms with Crippen LogP contribution in [0.1, 0.15) is 18.1 Å². The lowest BCUT2D eigenvalue weighted by Gasteiger charge is -2.31. The van der Waals surface area contributed by atoms with E-state index in [0.29, 0.717) is 31.9 Å². The van der Waals surface area contributed by atoms with Gasteiger partial charge in [-0.05, 0) is 73.0 Å². The number of carbonyl (C=O) groups excluding carboxylic acids is 1. The van der Waals surface area contributed by atoms with E-state index in [9.17, 15) is 17.6 Å². The quantitative estimate of drug-likeness (QED) is 0.526. The summed E-state index contributed by atoms with van der Waals surface area (Å²) in [6, 6.07) is 19.0. The highest BCUT2D eigenvalue weighted by atomic mass is 32.2. The zero-order chi connectivity index (χ0) is 23.4. The van der Waals surface area contributed by atoms with E-state index in [1.54, 1.807) is 17.0 Å². The molecular formula is C25H25FN2O4S. The third kappa shape index (κ3) is 5.01. The number of hydrogen-bond acceptors (Lipinski definition) is 4. The molecule has 0 radical (unpaired) electrons. The van der Waals surface area contributed by atoms with Gasteiger partial charge in [0.25, 0.3) is 10.0 Å². The van der Waals surface area contributed by atoms with E-state index in [4.69, 9.17) is 4.74 Å². The van der Waals surface area contributed by atoms with Gasteiger partial charge in [0.1, 0.15) is 18.1 Å². The summed E-state index contributed by atoms with van der Waals surface area (Å²) in [7, 11) is -4.09. The Morgan fingerprint density at radius 3 is 2.33 bits per heavy atom. The van der Waals surface area contributed by atoms with E-state index < -0.39 is 15.8 Å². The fraction of sp³-hybridized carbons (Fsp3) is 0.240. The molecule has 6 nitrogen and oxygen atoms in total. The molecule has 0 aromatic heterocycles. The molecule has 0 N–H and O–H groups in total. The topological polar surface area (TPSA) is 66.9 Å². The standard InChI is InChI=1S/C25H25FN2O4S/c1-2-32-23-11-13-24(14-12-23)33(30,31)28(22-9-7-21(26)8-10-22)18-25(29)27-16-15-19-5-3-4-6-20(19)17-27/h3-14H,2,15-18H2,1H3. The third-order valence-electron chi connectivity index (χ3n) is 5.60. The molecule has 0 atom stereocenters. The van der Waals surface area contributed by atoms with Gasteiger partial charge in [0, 0.05) is 13.1 Å². The largest absolute Gasteiger partial charge is 0.494 e. The third-order valence-corrected chi connectivity index (χ3v) is 7.39. The minimum Gasteiger partial charge on any atom is -0.494 e. The van der Waals surface area contributed by atoms with Gasteiger partial charge in [0.15, 0.2) is 0 Å². The molecule has 8 heteroatoms. The van der Waals surface area contributed by atoms with E-state index in [1.165, 1.54) is 42.0 Å². The zero-order valence-electron chi connectivity index (χ0n) is 18.3. The van der Waals surface area contributed by atoms with Gasteiger partial charge in [-0.25, -0.2) is 12.8 Å². The van der Waals surface area contributed by atoms with Crippen molar-refractivity contribution in [1.29, 1.82) is 0 Å². The van der Waals surface area contributed by atoms with Crippen molar-refractivity contribution in [3.8, 4) is 5.75 Å². The highest BCUT2D eigenvalue weighted by Crippen LogP contribution is 2.26. The van der Waals surface area contributed by atoms with E-state index in [1.807, 2.05) is 31.2 Å². The maximum Gasteiger partial charge on any atom is 0.264 e. The fourth-order valence-electron chi connectivity index (χ4n) is 3.86. The Kier molecular flexibility index (Phi) is 6.65. The molecule has 0 aliphatic carbocycles. The first-order valence-electron chi connectivity index (χ1n) is 10.7. The second-order valence-corrected chi connectivity index (χ2v) is 9.59. The normalized spacial score (nSPS) is 13.3. The van der Waals surface area contributed by atoms with Crippen LogP contribution in [0.25, 0.3) is 0 Å². The number of halogens is 1. The molecule has 33 heavy (non-hydrogen) atoms. The monoisotopic (exact) mass is 468 g/mol. The van der Waals surface area contributed by atoms with Gasteiger partial charge >= 0.3 is 0 Å². The van der Waals surface area contributed by atoms with Gasteiger partial charge < -0.3 is 9.64 Å². The Morgan fingerprint density at radius 1 is 1.00 bits per heavy atom. The molecule has 0 spiro atoms. The first-order valence-corrected chi connectivity index (χ1v) is 12.2. The minimum absolute atomic E-state index is 0.0204. The SMILES string of the molecule is CCOc1ccc(S(=O)(=O)N(CC(=O)N2CCc3ccccc3C2)c2ccc(F)cc2)cc1. The Morgan fingerprint density at radius 2 is 1.67 bits per heavy atom. The zero-order valence-corrected chi connectivity index (χ0v) is 19.1. The van der Waals surface area contributed by atoms with Gasteiger partial charge in [-0.1, -0.05) is 24.3 Å². The molecular weight excluding hydrogens is 443 g/mol. The van der Waals surface area contributed by atoms with Crippen LogP contribution in [0.4, 0.5) is 10.1 Å². The number of sulfonamides is 1. The summed E-state index contributed by atoms with van der Waals surface area (Å²) in [5.74, 6) is -0.257. The van der Waals surface area contributed by atoms with Gasteiger partial charge in [-0.3, -0.25) is 9.10 Å². The van der Waals surface area contributed by atoms with Crippen LogP contribution in [0.5, 0.6) is 5.75 Å². The van der Waals surface area contributed by atoms with Gasteiger partial charge in [-0.2, -0.15) is 0 Å². The van der Waals surface area contributed by atoms with Crippen molar-refractivity contribution in [3.63, 3.8) is 0 Å². The van der Waals surface area contributed by atoms with Crippen LogP contribution < -0.4 is 9.04 Å². The summed E-state index contributed by atoms with van der Waals surface area (Å²) in [6.07, 6.45) is 0.712. The summed E-state index contributed by atoms with van der Waals surface area (Å²) >= 11 is 0. The number of ether oxygens (including phenoxy) is 1. The molecule has 172 valence electrons. The number of benzene rings is 3. The first kappa shape index (κ1) is 22.8. The van der Waals surface area contributed by atoms with Crippen LogP contribution >= 0.6 is 0 Å². The van der Waals surface area contributed by atoms with Crippen LogP contribution in [0.15, 0.2) is 77.7 Å². The molecule has 0 saturated heterocycles. The van der Waals surface area contributed by atoms with Crippen molar-refractivity contribution in [3.05, 3.63) is 89.7 Å². The Bertz CT molecular complexity index is 1230. The summed E-state index contributed by atoms with van der Waals surface area (Å²) < 4.78 is 47.0. The van der Waals surface area contributed by atoms with Crippen molar-refractivity contribution >= 4 is 21.6 Å².